The van der Waals surface area contributed by atoms with E-state index in [0.29, 0.717) is 5.69 Å². The van der Waals surface area contributed by atoms with Crippen LogP contribution in [0.1, 0.15) is 69.2 Å². The zero-order chi connectivity index (χ0) is 18.4. The Morgan fingerprint density at radius 3 is 2.56 bits per heavy atom. The number of hydrogen-bond donors (Lipinski definition) is 3. The van der Waals surface area contributed by atoms with Gasteiger partial charge in [0.25, 0.3) is 0 Å². The van der Waals surface area contributed by atoms with Crippen LogP contribution in [0.5, 0.6) is 0 Å². The minimum absolute atomic E-state index is 0.00386. The number of aromatic carboxylic acids is 1. The molecule has 1 atom stereocenters. The molecule has 7 heteroatoms. The Bertz CT molecular complexity index is 697. The molecule has 6 nitrogen and oxygen atoms in total. The first kappa shape index (κ1) is 19.7. The fourth-order valence-corrected chi connectivity index (χ4v) is 4.60. The summed E-state index contributed by atoms with van der Waals surface area (Å²) in [4.78, 5) is 11.6. The molecule has 0 amide bonds. The molecule has 1 aromatic rings. The van der Waals surface area contributed by atoms with Crippen LogP contribution in [0, 0.1) is 0 Å². The molecule has 0 bridgehead atoms. The highest BCUT2D eigenvalue weighted by atomic mass is 32.2. The average Bonchev–Trinajstić information content (AvgIpc) is 2.55. The van der Waals surface area contributed by atoms with E-state index >= 15 is 0 Å². The number of carboxylic acid groups (broad SMARTS) is 1. The van der Waals surface area contributed by atoms with Gasteiger partial charge in [-0.15, -0.1) is 0 Å². The molecule has 1 aliphatic carbocycles. The molecule has 1 aliphatic rings. The summed E-state index contributed by atoms with van der Waals surface area (Å²) in [6.45, 7) is 4.04. The van der Waals surface area contributed by atoms with Gasteiger partial charge in [-0.05, 0) is 44.4 Å². The summed E-state index contributed by atoms with van der Waals surface area (Å²) in [7, 11) is -3.71. The van der Waals surface area contributed by atoms with E-state index in [4.69, 9.17) is 0 Å². The Balaban J connectivity index is 2.23. The van der Waals surface area contributed by atoms with E-state index < -0.39 is 16.0 Å². The van der Waals surface area contributed by atoms with Crippen molar-refractivity contribution in [3.8, 4) is 0 Å². The van der Waals surface area contributed by atoms with Crippen LogP contribution in [0.3, 0.4) is 0 Å². The molecule has 0 aliphatic heterocycles. The topological polar surface area (TPSA) is 95.5 Å². The second kappa shape index (κ2) is 8.67. The van der Waals surface area contributed by atoms with Crippen molar-refractivity contribution in [1.82, 2.24) is 4.72 Å². The quantitative estimate of drug-likeness (QED) is 0.652. The summed E-state index contributed by atoms with van der Waals surface area (Å²) in [6.07, 6.45) is 6.73. The molecule has 0 radical (unpaired) electrons. The Morgan fingerprint density at radius 1 is 1.28 bits per heavy atom. The van der Waals surface area contributed by atoms with Crippen molar-refractivity contribution in [3.05, 3.63) is 23.8 Å². The smallest absolute Gasteiger partial charge is 0.337 e. The SMILES string of the molecule is CCC[C@H](C)Nc1ccc(S(=O)(=O)NC2CCCCC2)cc1C(=O)O. The van der Waals surface area contributed by atoms with E-state index in [9.17, 15) is 18.3 Å². The Labute approximate surface area is 150 Å². The van der Waals surface area contributed by atoms with Gasteiger partial charge in [-0.1, -0.05) is 32.6 Å². The second-order valence-electron chi connectivity index (χ2n) is 6.80. The molecule has 0 heterocycles. The number of hydrogen-bond acceptors (Lipinski definition) is 4. The number of sulfonamides is 1. The van der Waals surface area contributed by atoms with Crippen LogP contribution in [0.4, 0.5) is 5.69 Å². The molecule has 0 unspecified atom stereocenters. The molecule has 1 aromatic carbocycles. The fourth-order valence-electron chi connectivity index (χ4n) is 3.27. The van der Waals surface area contributed by atoms with Gasteiger partial charge in [-0.3, -0.25) is 0 Å². The van der Waals surface area contributed by atoms with E-state index in [2.05, 4.69) is 17.0 Å². The largest absolute Gasteiger partial charge is 0.478 e. The number of rotatable bonds is 8. The van der Waals surface area contributed by atoms with Crippen molar-refractivity contribution < 1.29 is 18.3 Å². The van der Waals surface area contributed by atoms with Gasteiger partial charge in [-0.25, -0.2) is 17.9 Å². The average molecular weight is 368 g/mol. The molecule has 0 saturated heterocycles. The first-order valence-corrected chi connectivity index (χ1v) is 10.5. The monoisotopic (exact) mass is 368 g/mol. The van der Waals surface area contributed by atoms with E-state index in [1.165, 1.54) is 12.1 Å². The molecule has 1 fully saturated rings. The van der Waals surface area contributed by atoms with Gasteiger partial charge in [-0.2, -0.15) is 0 Å². The second-order valence-corrected chi connectivity index (χ2v) is 8.52. The lowest BCUT2D eigenvalue weighted by Crippen LogP contribution is -2.36. The van der Waals surface area contributed by atoms with Crippen molar-refractivity contribution in [2.24, 2.45) is 0 Å². The summed E-state index contributed by atoms with van der Waals surface area (Å²) in [5.41, 5.74) is 0.430. The van der Waals surface area contributed by atoms with Crippen LogP contribution in [0.15, 0.2) is 23.1 Å². The van der Waals surface area contributed by atoms with E-state index in [0.717, 1.165) is 44.9 Å². The van der Waals surface area contributed by atoms with Crippen LogP contribution < -0.4 is 10.0 Å². The van der Waals surface area contributed by atoms with Crippen molar-refractivity contribution in [1.29, 1.82) is 0 Å². The lowest BCUT2D eigenvalue weighted by atomic mass is 9.96. The molecular formula is C18H28N2O4S. The minimum Gasteiger partial charge on any atom is -0.478 e. The molecule has 140 valence electrons. The zero-order valence-electron chi connectivity index (χ0n) is 14.9. The molecule has 3 N–H and O–H groups in total. The third-order valence-electron chi connectivity index (χ3n) is 4.58. The van der Waals surface area contributed by atoms with E-state index in [-0.39, 0.29) is 22.5 Å². The van der Waals surface area contributed by atoms with Gasteiger partial charge in [0.1, 0.15) is 0 Å². The van der Waals surface area contributed by atoms with Gasteiger partial charge < -0.3 is 10.4 Å². The number of carboxylic acids is 1. The number of carbonyl (C=O) groups is 1. The molecule has 2 rings (SSSR count). The van der Waals surface area contributed by atoms with Crippen molar-refractivity contribution >= 4 is 21.7 Å². The minimum atomic E-state index is -3.71. The maximum absolute atomic E-state index is 12.6. The normalized spacial score (nSPS) is 17.2. The highest BCUT2D eigenvalue weighted by molar-refractivity contribution is 7.89. The molecule has 1 saturated carbocycles. The Kier molecular flexibility index (Phi) is 6.84. The lowest BCUT2D eigenvalue weighted by Gasteiger charge is -2.23. The summed E-state index contributed by atoms with van der Waals surface area (Å²) in [5, 5.41) is 12.6. The number of nitrogens with one attached hydrogen (secondary N) is 2. The van der Waals surface area contributed by atoms with Crippen molar-refractivity contribution in [2.45, 2.75) is 75.8 Å². The summed E-state index contributed by atoms with van der Waals surface area (Å²) in [6, 6.07) is 4.32. The van der Waals surface area contributed by atoms with Crippen LogP contribution >= 0.6 is 0 Å². The maximum atomic E-state index is 12.6. The number of anilines is 1. The van der Waals surface area contributed by atoms with Gasteiger partial charge in [0.05, 0.1) is 10.5 Å². The maximum Gasteiger partial charge on any atom is 0.337 e. The fraction of sp³-hybridized carbons (Fsp3) is 0.611. The van der Waals surface area contributed by atoms with Crippen LogP contribution in [0.25, 0.3) is 0 Å². The van der Waals surface area contributed by atoms with Crippen LogP contribution in [-0.2, 0) is 10.0 Å². The van der Waals surface area contributed by atoms with Crippen LogP contribution in [0.2, 0.25) is 0 Å². The van der Waals surface area contributed by atoms with Gasteiger partial charge >= 0.3 is 5.97 Å². The van der Waals surface area contributed by atoms with E-state index in [1.807, 2.05) is 6.92 Å². The molecular weight excluding hydrogens is 340 g/mol. The molecule has 0 aromatic heterocycles. The van der Waals surface area contributed by atoms with Crippen molar-refractivity contribution in [3.63, 3.8) is 0 Å². The molecule has 25 heavy (non-hydrogen) atoms. The number of benzene rings is 1. The zero-order valence-corrected chi connectivity index (χ0v) is 15.7. The highest BCUT2D eigenvalue weighted by Crippen LogP contribution is 2.24. The van der Waals surface area contributed by atoms with Gasteiger partial charge in [0.15, 0.2) is 0 Å². The van der Waals surface area contributed by atoms with Crippen LogP contribution in [-0.4, -0.2) is 31.6 Å². The third kappa shape index (κ3) is 5.44. The first-order valence-electron chi connectivity index (χ1n) is 8.99. The molecule has 0 spiro atoms. The third-order valence-corrected chi connectivity index (χ3v) is 6.10. The summed E-state index contributed by atoms with van der Waals surface area (Å²) >= 11 is 0. The predicted molar refractivity (Wildman–Crippen MR) is 98.6 cm³/mol. The lowest BCUT2D eigenvalue weighted by molar-refractivity contribution is 0.0697. The first-order chi connectivity index (χ1) is 11.8. The van der Waals surface area contributed by atoms with Gasteiger partial charge in [0.2, 0.25) is 10.0 Å². The van der Waals surface area contributed by atoms with E-state index in [1.54, 1.807) is 6.07 Å². The van der Waals surface area contributed by atoms with Gasteiger partial charge in [0, 0.05) is 17.8 Å². The standard InChI is InChI=1S/C18H28N2O4S/c1-3-7-13(2)19-17-11-10-15(12-16(17)18(21)22)25(23,24)20-14-8-5-4-6-9-14/h10-14,19-20H,3-9H2,1-2H3,(H,21,22)/t13-/m0/s1. The predicted octanol–water partition coefficient (Wildman–Crippen LogP) is 3.60. The highest BCUT2D eigenvalue weighted by Gasteiger charge is 2.24. The van der Waals surface area contributed by atoms with Crippen molar-refractivity contribution in [2.75, 3.05) is 5.32 Å². The Hall–Kier alpha value is -1.60. The Morgan fingerprint density at radius 2 is 1.96 bits per heavy atom. The summed E-state index contributed by atoms with van der Waals surface area (Å²) in [5.74, 6) is -1.14. The summed E-state index contributed by atoms with van der Waals surface area (Å²) < 4.78 is 27.9.